The number of nitrogens with zero attached hydrogens (tertiary/aromatic N) is 4. The van der Waals surface area contributed by atoms with Gasteiger partial charge in [0, 0.05) is 7.05 Å². The third-order valence-electron chi connectivity index (χ3n) is 3.35. The predicted octanol–water partition coefficient (Wildman–Crippen LogP) is 0.857. The van der Waals surface area contributed by atoms with Gasteiger partial charge in [-0.05, 0) is 5.92 Å². The summed E-state index contributed by atoms with van der Waals surface area (Å²) in [6.07, 6.45) is 2.32. The van der Waals surface area contributed by atoms with Crippen LogP contribution in [0.3, 0.4) is 0 Å². The number of aromatic nitrogens is 4. The SMILES string of the molecule is CCC(C)C(Nc1nc(N)nc2c1ncn2C)C(=O)O. The Kier molecular flexibility index (Phi) is 3.73. The van der Waals surface area contributed by atoms with Crippen molar-refractivity contribution in [3.63, 3.8) is 0 Å². The number of fused-ring (bicyclic) bond motifs is 1. The molecule has 0 saturated heterocycles. The van der Waals surface area contributed by atoms with E-state index < -0.39 is 12.0 Å². The lowest BCUT2D eigenvalue weighted by molar-refractivity contribution is -0.139. The maximum atomic E-state index is 11.4. The Morgan fingerprint density at radius 1 is 1.55 bits per heavy atom. The maximum absolute atomic E-state index is 11.4. The van der Waals surface area contributed by atoms with Crippen molar-refractivity contribution in [1.29, 1.82) is 0 Å². The zero-order valence-electron chi connectivity index (χ0n) is 11.7. The Morgan fingerprint density at radius 2 is 2.25 bits per heavy atom. The molecule has 20 heavy (non-hydrogen) atoms. The van der Waals surface area contributed by atoms with E-state index in [1.54, 1.807) is 17.9 Å². The van der Waals surface area contributed by atoms with Gasteiger partial charge >= 0.3 is 5.97 Å². The molecular weight excluding hydrogens is 260 g/mol. The van der Waals surface area contributed by atoms with Gasteiger partial charge in [0.1, 0.15) is 6.04 Å². The third kappa shape index (κ3) is 2.49. The first-order valence-corrected chi connectivity index (χ1v) is 6.38. The van der Waals surface area contributed by atoms with Crippen molar-refractivity contribution in [2.45, 2.75) is 26.3 Å². The van der Waals surface area contributed by atoms with Gasteiger partial charge < -0.3 is 20.7 Å². The van der Waals surface area contributed by atoms with Crippen molar-refractivity contribution in [1.82, 2.24) is 19.5 Å². The molecule has 0 spiro atoms. The minimum Gasteiger partial charge on any atom is -0.480 e. The maximum Gasteiger partial charge on any atom is 0.326 e. The van der Waals surface area contributed by atoms with Crippen LogP contribution in [0.25, 0.3) is 11.2 Å². The van der Waals surface area contributed by atoms with Gasteiger partial charge in [-0.2, -0.15) is 9.97 Å². The predicted molar refractivity (Wildman–Crippen MR) is 75.2 cm³/mol. The number of aryl methyl sites for hydroxylation is 1. The molecule has 0 aromatic carbocycles. The van der Waals surface area contributed by atoms with E-state index in [4.69, 9.17) is 5.73 Å². The molecule has 0 aliphatic heterocycles. The van der Waals surface area contributed by atoms with Crippen molar-refractivity contribution in [2.24, 2.45) is 13.0 Å². The minimum atomic E-state index is -0.930. The Morgan fingerprint density at radius 3 is 2.85 bits per heavy atom. The highest BCUT2D eigenvalue weighted by molar-refractivity contribution is 5.87. The Labute approximate surface area is 116 Å². The van der Waals surface area contributed by atoms with Gasteiger partial charge in [0.05, 0.1) is 6.33 Å². The highest BCUT2D eigenvalue weighted by Crippen LogP contribution is 2.22. The quantitative estimate of drug-likeness (QED) is 0.741. The first-order chi connectivity index (χ1) is 9.43. The summed E-state index contributed by atoms with van der Waals surface area (Å²) < 4.78 is 1.71. The fraction of sp³-hybridized carbons (Fsp3) is 0.500. The fourth-order valence-corrected chi connectivity index (χ4v) is 1.95. The number of carbonyl (C=O) groups is 1. The van der Waals surface area contributed by atoms with Gasteiger partial charge in [-0.3, -0.25) is 0 Å². The molecule has 0 saturated carbocycles. The minimum absolute atomic E-state index is 0.0533. The highest BCUT2D eigenvalue weighted by atomic mass is 16.4. The lowest BCUT2D eigenvalue weighted by atomic mass is 9.99. The largest absolute Gasteiger partial charge is 0.480 e. The summed E-state index contributed by atoms with van der Waals surface area (Å²) in [6.45, 7) is 3.80. The summed E-state index contributed by atoms with van der Waals surface area (Å²) in [4.78, 5) is 23.7. The molecule has 0 amide bonds. The van der Waals surface area contributed by atoms with Crippen LogP contribution in [0, 0.1) is 5.92 Å². The second-order valence-corrected chi connectivity index (χ2v) is 4.80. The second kappa shape index (κ2) is 5.32. The van der Waals surface area contributed by atoms with Crippen LogP contribution in [-0.2, 0) is 11.8 Å². The zero-order chi connectivity index (χ0) is 14.9. The van der Waals surface area contributed by atoms with Crippen LogP contribution in [0.15, 0.2) is 6.33 Å². The molecule has 0 bridgehead atoms. The van der Waals surface area contributed by atoms with Crippen LogP contribution >= 0.6 is 0 Å². The molecule has 2 rings (SSSR count). The first kappa shape index (κ1) is 14.0. The Balaban J connectivity index is 2.44. The third-order valence-corrected chi connectivity index (χ3v) is 3.35. The van der Waals surface area contributed by atoms with E-state index in [0.29, 0.717) is 17.0 Å². The standard InChI is InChI=1S/C12H18N6O2/c1-4-6(2)7(11(19)20)15-9-8-10(17-12(13)16-9)18(3)5-14-8/h5-7H,4H2,1-3H3,(H,19,20)(H3,13,15,16,17). The van der Waals surface area contributed by atoms with Gasteiger partial charge in [-0.15, -0.1) is 0 Å². The van der Waals surface area contributed by atoms with E-state index in [1.807, 2.05) is 13.8 Å². The van der Waals surface area contributed by atoms with E-state index in [1.165, 1.54) is 0 Å². The number of aliphatic carboxylic acids is 1. The summed E-state index contributed by atoms with van der Waals surface area (Å²) in [5.74, 6) is -0.555. The number of imidazole rings is 1. The van der Waals surface area contributed by atoms with Crippen LogP contribution in [-0.4, -0.2) is 36.6 Å². The molecule has 108 valence electrons. The van der Waals surface area contributed by atoms with Crippen molar-refractivity contribution in [3.8, 4) is 0 Å². The average Bonchev–Trinajstić information content (AvgIpc) is 2.76. The highest BCUT2D eigenvalue weighted by Gasteiger charge is 2.25. The second-order valence-electron chi connectivity index (χ2n) is 4.80. The normalized spacial score (nSPS) is 14.2. The lowest BCUT2D eigenvalue weighted by Crippen LogP contribution is -2.35. The molecule has 0 fully saturated rings. The van der Waals surface area contributed by atoms with E-state index in [-0.39, 0.29) is 11.9 Å². The van der Waals surface area contributed by atoms with E-state index in [2.05, 4.69) is 20.3 Å². The number of rotatable bonds is 5. The van der Waals surface area contributed by atoms with Crippen LogP contribution in [0.5, 0.6) is 0 Å². The van der Waals surface area contributed by atoms with Crippen molar-refractivity contribution in [2.75, 3.05) is 11.1 Å². The van der Waals surface area contributed by atoms with Gasteiger partial charge in [-0.1, -0.05) is 20.3 Å². The number of hydrogen-bond acceptors (Lipinski definition) is 6. The zero-order valence-corrected chi connectivity index (χ0v) is 11.7. The van der Waals surface area contributed by atoms with E-state index in [0.717, 1.165) is 6.42 Å². The van der Waals surface area contributed by atoms with Crippen LogP contribution < -0.4 is 11.1 Å². The van der Waals surface area contributed by atoms with Gasteiger partial charge in [0.2, 0.25) is 5.95 Å². The molecule has 8 heteroatoms. The van der Waals surface area contributed by atoms with Gasteiger partial charge in [-0.25, -0.2) is 9.78 Å². The number of nitrogen functional groups attached to an aromatic ring is 1. The number of nitrogens with two attached hydrogens (primary N) is 1. The fourth-order valence-electron chi connectivity index (χ4n) is 1.95. The van der Waals surface area contributed by atoms with Crippen molar-refractivity contribution >= 4 is 28.9 Å². The van der Waals surface area contributed by atoms with Crippen LogP contribution in [0.1, 0.15) is 20.3 Å². The number of nitrogens with one attached hydrogen (secondary N) is 1. The van der Waals surface area contributed by atoms with Crippen molar-refractivity contribution < 1.29 is 9.90 Å². The van der Waals surface area contributed by atoms with Gasteiger partial charge in [0.25, 0.3) is 0 Å². The summed E-state index contributed by atoms with van der Waals surface area (Å²) in [6, 6.07) is -0.750. The molecule has 4 N–H and O–H groups in total. The monoisotopic (exact) mass is 278 g/mol. The van der Waals surface area contributed by atoms with E-state index >= 15 is 0 Å². The van der Waals surface area contributed by atoms with Crippen LogP contribution in [0.4, 0.5) is 11.8 Å². The molecule has 0 aliphatic carbocycles. The molecule has 2 aromatic rings. The Hall–Kier alpha value is -2.38. The molecule has 2 atom stereocenters. The smallest absolute Gasteiger partial charge is 0.326 e. The molecule has 8 nitrogen and oxygen atoms in total. The number of anilines is 2. The molecule has 0 aliphatic rings. The summed E-state index contributed by atoms with van der Waals surface area (Å²) in [7, 11) is 1.79. The first-order valence-electron chi connectivity index (χ1n) is 6.38. The average molecular weight is 278 g/mol. The number of carboxylic acid groups (broad SMARTS) is 1. The molecule has 2 heterocycles. The molecule has 2 aromatic heterocycles. The topological polar surface area (TPSA) is 119 Å². The molecule has 0 radical (unpaired) electrons. The summed E-state index contributed by atoms with van der Waals surface area (Å²) in [5.41, 5.74) is 6.74. The molecule has 2 unspecified atom stereocenters. The summed E-state index contributed by atoms with van der Waals surface area (Å²) in [5, 5.41) is 12.2. The van der Waals surface area contributed by atoms with Crippen molar-refractivity contribution in [3.05, 3.63) is 6.33 Å². The Bertz CT molecular complexity index is 638. The van der Waals surface area contributed by atoms with E-state index in [9.17, 15) is 9.90 Å². The number of carboxylic acids is 1. The van der Waals surface area contributed by atoms with Gasteiger partial charge in [0.15, 0.2) is 17.0 Å². The summed E-state index contributed by atoms with van der Waals surface area (Å²) >= 11 is 0. The van der Waals surface area contributed by atoms with Crippen LogP contribution in [0.2, 0.25) is 0 Å². The molecular formula is C12H18N6O2. The lowest BCUT2D eigenvalue weighted by Gasteiger charge is -2.20. The number of hydrogen-bond donors (Lipinski definition) is 3.